The molecule has 0 radical (unpaired) electrons. The Bertz CT molecular complexity index is 1010. The Morgan fingerprint density at radius 3 is 2.55 bits per heavy atom. The van der Waals surface area contributed by atoms with Crippen molar-refractivity contribution in [3.8, 4) is 0 Å². The number of esters is 1. The molecule has 1 heterocycles. The topological polar surface area (TPSA) is 128 Å². The molecule has 0 aromatic heterocycles. The number of methoxy groups -OCH3 is 1. The van der Waals surface area contributed by atoms with Crippen molar-refractivity contribution in [2.45, 2.75) is 38.0 Å². The molecular formula is C23H25N3O7. The maximum Gasteiger partial charge on any atom is 0.410 e. The molecule has 0 bridgehead atoms. The zero-order valence-corrected chi connectivity index (χ0v) is 18.1. The second-order valence-electron chi connectivity index (χ2n) is 7.57. The highest BCUT2D eigenvalue weighted by molar-refractivity contribution is 5.90. The highest BCUT2D eigenvalue weighted by atomic mass is 16.6. The standard InChI is InChI=1S/C23H25N3O7/c1-32-22(28)18(14-17-10-5-6-11-19(17)26(30)31)24-21(27)20-12-7-13-25(20)23(29)33-15-16-8-3-2-4-9-16/h2-6,8-11,18,20H,7,12-15H2,1H3,(H,24,27)/t18-,20+/m0/s1. The lowest BCUT2D eigenvalue weighted by Crippen LogP contribution is -2.51. The van der Waals surface area contributed by atoms with E-state index in [1.165, 1.54) is 30.2 Å². The Morgan fingerprint density at radius 1 is 1.15 bits per heavy atom. The number of hydrogen-bond acceptors (Lipinski definition) is 7. The molecule has 1 fully saturated rings. The fourth-order valence-electron chi connectivity index (χ4n) is 3.74. The van der Waals surface area contributed by atoms with Gasteiger partial charge in [0, 0.05) is 24.6 Å². The van der Waals surface area contributed by atoms with Crippen molar-refractivity contribution in [3.63, 3.8) is 0 Å². The lowest BCUT2D eigenvalue weighted by molar-refractivity contribution is -0.385. The molecule has 33 heavy (non-hydrogen) atoms. The van der Waals surface area contributed by atoms with Gasteiger partial charge in [0.25, 0.3) is 5.69 Å². The van der Waals surface area contributed by atoms with Gasteiger partial charge in [-0.15, -0.1) is 0 Å². The molecule has 0 aliphatic carbocycles. The van der Waals surface area contributed by atoms with E-state index in [1.54, 1.807) is 6.07 Å². The number of nitrogens with zero attached hydrogens (tertiary/aromatic N) is 2. The molecular weight excluding hydrogens is 430 g/mol. The molecule has 10 heteroatoms. The molecule has 10 nitrogen and oxygen atoms in total. The second kappa shape index (κ2) is 11.1. The molecule has 2 aromatic carbocycles. The van der Waals surface area contributed by atoms with Crippen molar-refractivity contribution in [1.29, 1.82) is 0 Å². The van der Waals surface area contributed by atoms with Gasteiger partial charge in [0.05, 0.1) is 12.0 Å². The Hall–Kier alpha value is -3.95. The van der Waals surface area contributed by atoms with Crippen LogP contribution < -0.4 is 5.32 Å². The summed E-state index contributed by atoms with van der Waals surface area (Å²) in [5, 5.41) is 13.9. The summed E-state index contributed by atoms with van der Waals surface area (Å²) in [6.45, 7) is 0.422. The third-order valence-corrected chi connectivity index (χ3v) is 5.41. The number of ether oxygens (including phenoxy) is 2. The van der Waals surface area contributed by atoms with Gasteiger partial charge < -0.3 is 14.8 Å². The van der Waals surface area contributed by atoms with Crippen LogP contribution in [0, 0.1) is 10.1 Å². The predicted molar refractivity (Wildman–Crippen MR) is 117 cm³/mol. The predicted octanol–water partition coefficient (Wildman–Crippen LogP) is 2.60. The molecule has 174 valence electrons. The first-order valence-corrected chi connectivity index (χ1v) is 10.5. The van der Waals surface area contributed by atoms with Crippen LogP contribution in [0.25, 0.3) is 0 Å². The SMILES string of the molecule is COC(=O)[C@H](Cc1ccccc1[N+](=O)[O-])NC(=O)[C@H]1CCCN1C(=O)OCc1ccccc1. The van der Waals surface area contributed by atoms with E-state index in [9.17, 15) is 24.5 Å². The van der Waals surface area contributed by atoms with E-state index in [-0.39, 0.29) is 24.3 Å². The molecule has 1 saturated heterocycles. The highest BCUT2D eigenvalue weighted by Crippen LogP contribution is 2.22. The van der Waals surface area contributed by atoms with Crippen LogP contribution in [-0.2, 0) is 32.1 Å². The fourth-order valence-corrected chi connectivity index (χ4v) is 3.74. The molecule has 0 spiro atoms. The Balaban J connectivity index is 1.67. The first kappa shape index (κ1) is 23.7. The minimum atomic E-state index is -1.15. The molecule has 3 rings (SSSR count). The van der Waals surface area contributed by atoms with Crippen LogP contribution in [0.1, 0.15) is 24.0 Å². The number of nitro benzene ring substituents is 1. The molecule has 2 atom stereocenters. The average Bonchev–Trinajstić information content (AvgIpc) is 3.33. The van der Waals surface area contributed by atoms with Gasteiger partial charge in [0.1, 0.15) is 18.7 Å². The number of benzene rings is 2. The summed E-state index contributed by atoms with van der Waals surface area (Å²) in [4.78, 5) is 49.9. The third-order valence-electron chi connectivity index (χ3n) is 5.41. The van der Waals surface area contributed by atoms with Crippen molar-refractivity contribution in [3.05, 3.63) is 75.8 Å². The first-order chi connectivity index (χ1) is 15.9. The number of rotatable bonds is 8. The van der Waals surface area contributed by atoms with E-state index in [0.29, 0.717) is 19.4 Å². The lowest BCUT2D eigenvalue weighted by atomic mass is 10.0. The van der Waals surface area contributed by atoms with Crippen LogP contribution in [0.15, 0.2) is 54.6 Å². The van der Waals surface area contributed by atoms with Crippen LogP contribution in [0.3, 0.4) is 0 Å². The minimum absolute atomic E-state index is 0.0764. The van der Waals surface area contributed by atoms with E-state index in [2.05, 4.69) is 5.32 Å². The second-order valence-corrected chi connectivity index (χ2v) is 7.57. The van der Waals surface area contributed by atoms with Gasteiger partial charge in [-0.05, 0) is 18.4 Å². The summed E-state index contributed by atoms with van der Waals surface area (Å²) in [7, 11) is 1.17. The molecule has 2 aromatic rings. The van der Waals surface area contributed by atoms with Crippen molar-refractivity contribution in [1.82, 2.24) is 10.2 Å². The highest BCUT2D eigenvalue weighted by Gasteiger charge is 2.37. The van der Waals surface area contributed by atoms with E-state index in [4.69, 9.17) is 9.47 Å². The minimum Gasteiger partial charge on any atom is -0.467 e. The lowest BCUT2D eigenvalue weighted by Gasteiger charge is -2.25. The molecule has 1 aliphatic heterocycles. The summed E-state index contributed by atoms with van der Waals surface area (Å²) in [5.74, 6) is -1.28. The van der Waals surface area contributed by atoms with Gasteiger partial charge in [-0.3, -0.25) is 19.8 Å². The molecule has 2 amide bonds. The van der Waals surface area contributed by atoms with Crippen LogP contribution in [0.2, 0.25) is 0 Å². The Kier molecular flexibility index (Phi) is 7.96. The molecule has 0 saturated carbocycles. The van der Waals surface area contributed by atoms with Crippen molar-refractivity contribution < 1.29 is 28.8 Å². The smallest absolute Gasteiger partial charge is 0.410 e. The number of para-hydroxylation sites is 1. The van der Waals surface area contributed by atoms with E-state index < -0.39 is 35.0 Å². The Morgan fingerprint density at radius 2 is 1.85 bits per heavy atom. The van der Waals surface area contributed by atoms with Gasteiger partial charge in [-0.25, -0.2) is 9.59 Å². The van der Waals surface area contributed by atoms with E-state index in [1.807, 2.05) is 30.3 Å². The van der Waals surface area contributed by atoms with Gasteiger partial charge >= 0.3 is 12.1 Å². The number of amides is 2. The number of hydrogen-bond donors (Lipinski definition) is 1. The average molecular weight is 455 g/mol. The summed E-state index contributed by atoms with van der Waals surface area (Å²) >= 11 is 0. The molecule has 0 unspecified atom stereocenters. The van der Waals surface area contributed by atoms with Gasteiger partial charge in [0.15, 0.2) is 0 Å². The van der Waals surface area contributed by atoms with Crippen LogP contribution >= 0.6 is 0 Å². The van der Waals surface area contributed by atoms with Gasteiger partial charge in [-0.2, -0.15) is 0 Å². The quantitative estimate of drug-likeness (QED) is 0.368. The Labute approximate surface area is 190 Å². The van der Waals surface area contributed by atoms with Crippen molar-refractivity contribution >= 4 is 23.7 Å². The van der Waals surface area contributed by atoms with E-state index >= 15 is 0 Å². The zero-order chi connectivity index (χ0) is 23.8. The van der Waals surface area contributed by atoms with Gasteiger partial charge in [0.2, 0.25) is 5.91 Å². The zero-order valence-electron chi connectivity index (χ0n) is 18.1. The monoisotopic (exact) mass is 455 g/mol. The third kappa shape index (κ3) is 6.06. The number of nitrogens with one attached hydrogen (secondary N) is 1. The summed E-state index contributed by atoms with van der Waals surface area (Å²) < 4.78 is 10.1. The maximum atomic E-state index is 13.0. The van der Waals surface area contributed by atoms with Gasteiger partial charge in [-0.1, -0.05) is 48.5 Å². The van der Waals surface area contributed by atoms with Crippen LogP contribution in [0.4, 0.5) is 10.5 Å². The number of carbonyl (C=O) groups is 3. The molecule has 1 aliphatic rings. The number of nitro groups is 1. The summed E-state index contributed by atoms with van der Waals surface area (Å²) in [6, 6.07) is 13.2. The summed E-state index contributed by atoms with van der Waals surface area (Å²) in [5.41, 5.74) is 0.942. The maximum absolute atomic E-state index is 13.0. The van der Waals surface area contributed by atoms with Crippen LogP contribution in [0.5, 0.6) is 0 Å². The summed E-state index contributed by atoms with van der Waals surface area (Å²) in [6.07, 6.45) is 0.266. The van der Waals surface area contributed by atoms with Crippen LogP contribution in [-0.4, -0.2) is 53.5 Å². The van der Waals surface area contributed by atoms with Crippen molar-refractivity contribution in [2.24, 2.45) is 0 Å². The normalized spacial score (nSPS) is 16.0. The molecule has 1 N–H and O–H groups in total. The largest absolute Gasteiger partial charge is 0.467 e. The van der Waals surface area contributed by atoms with Crippen molar-refractivity contribution in [2.75, 3.05) is 13.7 Å². The van der Waals surface area contributed by atoms with E-state index in [0.717, 1.165) is 5.56 Å². The fraction of sp³-hybridized carbons (Fsp3) is 0.348. The first-order valence-electron chi connectivity index (χ1n) is 10.5. The number of likely N-dealkylation sites (tertiary alicyclic amines) is 1. The number of carbonyl (C=O) groups excluding carboxylic acids is 3.